The molecule has 0 N–H and O–H groups in total. The summed E-state index contributed by atoms with van der Waals surface area (Å²) in [7, 11) is 0. The molecule has 0 unspecified atom stereocenters. The Morgan fingerprint density at radius 3 is 1.33 bits per heavy atom. The molecule has 0 nitrogen and oxygen atoms in total. The molecule has 112 valence electrons. The first-order valence-corrected chi connectivity index (χ1v) is 8.63. The topological polar surface area (TPSA) is 0 Å². The molecule has 0 saturated carbocycles. The van der Waals surface area contributed by atoms with Crippen LogP contribution in [0.3, 0.4) is 0 Å². The highest BCUT2D eigenvalue weighted by atomic mass is 14.1. The van der Waals surface area contributed by atoms with Crippen LogP contribution in [0, 0.1) is 0 Å². The van der Waals surface area contributed by atoms with Gasteiger partial charge in [0, 0.05) is 0 Å². The van der Waals surface area contributed by atoms with Gasteiger partial charge in [0.1, 0.15) is 0 Å². The van der Waals surface area contributed by atoms with Crippen molar-refractivity contribution < 1.29 is 0 Å². The van der Waals surface area contributed by atoms with Crippen LogP contribution < -0.4 is 10.9 Å². The summed E-state index contributed by atoms with van der Waals surface area (Å²) in [5, 5.41) is 0. The minimum atomic E-state index is -0.611. The van der Waals surface area contributed by atoms with Crippen molar-refractivity contribution in [3.63, 3.8) is 0 Å². The van der Waals surface area contributed by atoms with Gasteiger partial charge in [-0.2, -0.15) is 12.6 Å². The minimum absolute atomic E-state index is 0.611. The van der Waals surface area contributed by atoms with Gasteiger partial charge in [-0.25, -0.2) is 10.9 Å². The second kappa shape index (κ2) is 8.07. The van der Waals surface area contributed by atoms with E-state index in [9.17, 15) is 0 Å². The van der Waals surface area contributed by atoms with Gasteiger partial charge < -0.3 is 0 Å². The van der Waals surface area contributed by atoms with E-state index in [2.05, 4.69) is 74.5 Å². The molecule has 0 aliphatic rings. The van der Waals surface area contributed by atoms with Crippen molar-refractivity contribution in [2.75, 3.05) is 0 Å². The molecule has 0 aromatic heterocycles. The number of hydrogen-bond donors (Lipinski definition) is 0. The van der Waals surface area contributed by atoms with Gasteiger partial charge in [0.05, 0.1) is 6.15 Å². The van der Waals surface area contributed by atoms with Crippen LogP contribution in [-0.4, -0.2) is 6.15 Å². The number of unbranched alkanes of at least 4 members (excludes halogenated alkanes) is 2. The fourth-order valence-corrected chi connectivity index (χ4v) is 3.75. The zero-order chi connectivity index (χ0) is 15.0. The number of rotatable bonds is 8. The summed E-state index contributed by atoms with van der Waals surface area (Å²) in [6.45, 7) is 4.60. The molecule has 21 heavy (non-hydrogen) atoms. The Labute approximate surface area is 130 Å². The zero-order valence-electron chi connectivity index (χ0n) is 13.6. The molecule has 1 heteroatoms. The molecule has 0 aliphatic heterocycles. The van der Waals surface area contributed by atoms with E-state index in [1.54, 1.807) is 10.9 Å². The molecule has 0 saturated heterocycles. The highest BCUT2D eigenvalue weighted by Gasteiger charge is 2.26. The predicted octanol–water partition coefficient (Wildman–Crippen LogP) is 4.85. The van der Waals surface area contributed by atoms with Crippen molar-refractivity contribution in [1.82, 2.24) is 0 Å². The lowest BCUT2D eigenvalue weighted by molar-refractivity contribution is 0.838. The van der Waals surface area contributed by atoms with Crippen LogP contribution in [0.2, 0.25) is 12.6 Å². The first-order chi connectivity index (χ1) is 10.3. The zero-order valence-corrected chi connectivity index (χ0v) is 13.6. The van der Waals surface area contributed by atoms with Crippen molar-refractivity contribution in [1.29, 1.82) is 0 Å². The first-order valence-electron chi connectivity index (χ1n) is 8.63. The Morgan fingerprint density at radius 1 is 0.619 bits per heavy atom. The van der Waals surface area contributed by atoms with Crippen molar-refractivity contribution in [3.05, 3.63) is 60.7 Å². The summed E-state index contributed by atoms with van der Waals surface area (Å²) in [5.41, 5.74) is 3.09. The summed E-state index contributed by atoms with van der Waals surface area (Å²) >= 11 is 0. The molecule has 0 fully saturated rings. The molecular formula is C20H28B-. The fourth-order valence-electron chi connectivity index (χ4n) is 3.75. The van der Waals surface area contributed by atoms with Crippen LogP contribution in [0.1, 0.15) is 39.5 Å². The third-order valence-electron chi connectivity index (χ3n) is 4.98. The van der Waals surface area contributed by atoms with Gasteiger partial charge in [-0.05, 0) is 0 Å². The molecule has 0 aliphatic carbocycles. The monoisotopic (exact) mass is 279 g/mol. The molecule has 0 atom stereocenters. The maximum atomic E-state index is 2.35. The van der Waals surface area contributed by atoms with Gasteiger partial charge in [-0.3, -0.25) is 0 Å². The largest absolute Gasteiger partial charge is 0.205 e. The van der Waals surface area contributed by atoms with Gasteiger partial charge in [-0.1, -0.05) is 100 Å². The molecular weight excluding hydrogens is 251 g/mol. The molecule has 0 bridgehead atoms. The van der Waals surface area contributed by atoms with Gasteiger partial charge >= 0.3 is 0 Å². The van der Waals surface area contributed by atoms with Gasteiger partial charge in [0.2, 0.25) is 0 Å². The van der Waals surface area contributed by atoms with E-state index in [0.717, 1.165) is 0 Å². The van der Waals surface area contributed by atoms with E-state index in [0.29, 0.717) is 0 Å². The third kappa shape index (κ3) is 3.78. The lowest BCUT2D eigenvalue weighted by atomic mass is 9.15. The normalized spacial score (nSPS) is 11.5. The smallest absolute Gasteiger partial charge is 0.0544 e. The maximum absolute atomic E-state index is 2.35. The SMILES string of the molecule is CCCC[B-](CCCC)(c1ccccc1)c1ccccc1. The van der Waals surface area contributed by atoms with Crippen LogP contribution in [0.25, 0.3) is 0 Å². The summed E-state index contributed by atoms with van der Waals surface area (Å²) in [6, 6.07) is 22.5. The average Bonchev–Trinajstić information content (AvgIpc) is 2.57. The number of hydrogen-bond acceptors (Lipinski definition) is 0. The molecule has 0 spiro atoms. The van der Waals surface area contributed by atoms with Crippen LogP contribution in [0.4, 0.5) is 0 Å². The fraction of sp³-hybridized carbons (Fsp3) is 0.400. The molecule has 2 aromatic rings. The Balaban J connectivity index is 2.48. The summed E-state index contributed by atoms with van der Waals surface area (Å²) in [5.74, 6) is 0. The van der Waals surface area contributed by atoms with E-state index in [-0.39, 0.29) is 0 Å². The second-order valence-electron chi connectivity index (χ2n) is 6.36. The summed E-state index contributed by atoms with van der Waals surface area (Å²) in [6.07, 6.45) is 7.18. The average molecular weight is 279 g/mol. The number of benzene rings is 2. The highest BCUT2D eigenvalue weighted by Crippen LogP contribution is 2.22. The Hall–Kier alpha value is -1.50. The summed E-state index contributed by atoms with van der Waals surface area (Å²) in [4.78, 5) is 0. The van der Waals surface area contributed by atoms with Crippen molar-refractivity contribution >= 4 is 17.1 Å². The minimum Gasteiger partial charge on any atom is -0.205 e. The molecule has 0 radical (unpaired) electrons. The molecule has 0 heterocycles. The van der Waals surface area contributed by atoms with Crippen LogP contribution >= 0.6 is 0 Å². The predicted molar refractivity (Wildman–Crippen MR) is 97.3 cm³/mol. The van der Waals surface area contributed by atoms with E-state index in [1.165, 1.54) is 38.3 Å². The third-order valence-corrected chi connectivity index (χ3v) is 4.98. The Morgan fingerprint density at radius 2 is 1.00 bits per heavy atom. The lowest BCUT2D eigenvalue weighted by Gasteiger charge is -2.42. The van der Waals surface area contributed by atoms with E-state index >= 15 is 0 Å². The Kier molecular flexibility index (Phi) is 6.11. The van der Waals surface area contributed by atoms with Crippen LogP contribution in [-0.2, 0) is 0 Å². The highest BCUT2D eigenvalue weighted by molar-refractivity contribution is 7.02. The van der Waals surface area contributed by atoms with Gasteiger partial charge in [0.25, 0.3) is 0 Å². The van der Waals surface area contributed by atoms with Gasteiger partial charge in [0.15, 0.2) is 0 Å². The summed E-state index contributed by atoms with van der Waals surface area (Å²) < 4.78 is 0. The van der Waals surface area contributed by atoms with Crippen LogP contribution in [0.15, 0.2) is 60.7 Å². The van der Waals surface area contributed by atoms with E-state index < -0.39 is 6.15 Å². The first kappa shape index (κ1) is 15.9. The van der Waals surface area contributed by atoms with Crippen LogP contribution in [0.5, 0.6) is 0 Å². The van der Waals surface area contributed by atoms with Crippen molar-refractivity contribution in [3.8, 4) is 0 Å². The maximum Gasteiger partial charge on any atom is 0.0544 e. The van der Waals surface area contributed by atoms with Gasteiger partial charge in [-0.15, -0.1) is 0 Å². The Bertz CT molecular complexity index is 454. The van der Waals surface area contributed by atoms with Crippen molar-refractivity contribution in [2.24, 2.45) is 0 Å². The quantitative estimate of drug-likeness (QED) is 0.606. The van der Waals surface area contributed by atoms with E-state index in [4.69, 9.17) is 0 Å². The molecule has 0 amide bonds. The standard InChI is InChI=1S/C20H28B/c1-3-5-17-21(18-6-4-2,19-13-9-7-10-14-19)20-15-11-8-12-16-20/h7-16H,3-6,17-18H2,1-2H3/q-1. The molecule has 2 aromatic carbocycles. The van der Waals surface area contributed by atoms with E-state index in [1.807, 2.05) is 0 Å². The lowest BCUT2D eigenvalue weighted by Crippen LogP contribution is -2.58. The van der Waals surface area contributed by atoms with Crippen molar-refractivity contribution in [2.45, 2.75) is 52.2 Å². The second-order valence-corrected chi connectivity index (χ2v) is 6.36. The molecule has 2 rings (SSSR count).